The molecule has 7 heteroatoms. The number of aromatic nitrogens is 2. The fraction of sp³-hybridized carbons (Fsp3) is 0.273. The van der Waals surface area contributed by atoms with Crippen molar-refractivity contribution in [1.82, 2.24) is 9.97 Å². The summed E-state index contributed by atoms with van der Waals surface area (Å²) in [4.78, 5) is 6.70. The van der Waals surface area contributed by atoms with Crippen LogP contribution in [0.15, 0.2) is 18.2 Å². The normalized spacial score (nSPS) is 12.4. The van der Waals surface area contributed by atoms with E-state index in [0.29, 0.717) is 5.39 Å². The highest BCUT2D eigenvalue weighted by molar-refractivity contribution is 6.34. The number of halogens is 5. The number of benzene rings is 1. The summed E-state index contributed by atoms with van der Waals surface area (Å²) >= 11 is 5.72. The number of rotatable bonds is 2. The first-order chi connectivity index (χ1) is 8.32. The molecular formula is C11H7ClF4N2. The second-order valence-corrected chi connectivity index (χ2v) is 4.14. The standard InChI is InChI=1S/C11H7ClF4N2/c1-5-2-3-7-6(4-5)8(12)18-10(17-7)11(15,16)9(13)14/h2-4,9H,1H3. The Labute approximate surface area is 105 Å². The largest absolute Gasteiger partial charge is 0.365 e. The third-order valence-corrected chi connectivity index (χ3v) is 2.67. The van der Waals surface area contributed by atoms with Crippen molar-refractivity contribution in [2.24, 2.45) is 0 Å². The molecule has 0 aliphatic heterocycles. The molecule has 0 amide bonds. The fourth-order valence-corrected chi connectivity index (χ4v) is 1.68. The zero-order valence-corrected chi connectivity index (χ0v) is 9.85. The van der Waals surface area contributed by atoms with Gasteiger partial charge in [0.2, 0.25) is 5.82 Å². The van der Waals surface area contributed by atoms with Crippen LogP contribution in [-0.4, -0.2) is 16.4 Å². The van der Waals surface area contributed by atoms with Crippen molar-refractivity contribution in [2.75, 3.05) is 0 Å². The van der Waals surface area contributed by atoms with E-state index in [-0.39, 0.29) is 10.7 Å². The number of fused-ring (bicyclic) bond motifs is 1. The van der Waals surface area contributed by atoms with Crippen molar-refractivity contribution in [2.45, 2.75) is 19.3 Å². The Hall–Kier alpha value is -1.43. The van der Waals surface area contributed by atoms with Gasteiger partial charge in [0, 0.05) is 5.39 Å². The van der Waals surface area contributed by atoms with Gasteiger partial charge in [-0.15, -0.1) is 0 Å². The van der Waals surface area contributed by atoms with Crippen LogP contribution in [0.3, 0.4) is 0 Å². The molecule has 1 aromatic carbocycles. The van der Waals surface area contributed by atoms with Crippen LogP contribution in [0.5, 0.6) is 0 Å². The molecule has 2 rings (SSSR count). The highest BCUT2D eigenvalue weighted by Gasteiger charge is 2.46. The minimum Gasteiger partial charge on any atom is -0.227 e. The van der Waals surface area contributed by atoms with E-state index in [1.165, 1.54) is 6.07 Å². The molecule has 1 heterocycles. The second kappa shape index (κ2) is 4.35. The molecule has 96 valence electrons. The van der Waals surface area contributed by atoms with E-state index < -0.39 is 18.2 Å². The molecule has 0 aliphatic carbocycles. The molecule has 0 aliphatic rings. The first-order valence-electron chi connectivity index (χ1n) is 4.92. The maximum absolute atomic E-state index is 13.1. The Kier molecular flexibility index (Phi) is 3.14. The molecule has 18 heavy (non-hydrogen) atoms. The van der Waals surface area contributed by atoms with Crippen LogP contribution in [0, 0.1) is 6.92 Å². The van der Waals surface area contributed by atoms with Gasteiger partial charge in [0.05, 0.1) is 5.52 Å². The molecule has 0 fully saturated rings. The summed E-state index contributed by atoms with van der Waals surface area (Å²) in [5.41, 5.74) is 0.942. The molecule has 0 N–H and O–H groups in total. The lowest BCUT2D eigenvalue weighted by atomic mass is 10.1. The van der Waals surface area contributed by atoms with Crippen molar-refractivity contribution in [1.29, 1.82) is 0 Å². The Bertz CT molecular complexity index is 601. The predicted molar refractivity (Wildman–Crippen MR) is 59.2 cm³/mol. The smallest absolute Gasteiger partial charge is 0.227 e. The molecule has 0 spiro atoms. The van der Waals surface area contributed by atoms with E-state index in [1.807, 2.05) is 0 Å². The molecule has 2 aromatic rings. The summed E-state index contributed by atoms with van der Waals surface area (Å²) in [5, 5.41) is 0.0875. The first-order valence-corrected chi connectivity index (χ1v) is 5.30. The summed E-state index contributed by atoms with van der Waals surface area (Å²) < 4.78 is 50.7. The third-order valence-electron chi connectivity index (χ3n) is 2.38. The van der Waals surface area contributed by atoms with Gasteiger partial charge in [-0.2, -0.15) is 8.78 Å². The van der Waals surface area contributed by atoms with Crippen molar-refractivity contribution in [3.8, 4) is 0 Å². The van der Waals surface area contributed by atoms with Crippen LogP contribution in [0.2, 0.25) is 5.15 Å². The Balaban J connectivity index is 2.67. The van der Waals surface area contributed by atoms with Gasteiger partial charge < -0.3 is 0 Å². The van der Waals surface area contributed by atoms with Gasteiger partial charge in [-0.3, -0.25) is 0 Å². The van der Waals surface area contributed by atoms with Gasteiger partial charge in [-0.25, -0.2) is 18.7 Å². The summed E-state index contributed by atoms with van der Waals surface area (Å²) in [6.07, 6.45) is -3.88. The maximum Gasteiger partial charge on any atom is 0.365 e. The summed E-state index contributed by atoms with van der Waals surface area (Å²) in [6.45, 7) is 1.78. The lowest BCUT2D eigenvalue weighted by Crippen LogP contribution is -2.26. The second-order valence-electron chi connectivity index (χ2n) is 3.78. The number of nitrogens with zero attached hydrogens (tertiary/aromatic N) is 2. The van der Waals surface area contributed by atoms with Crippen LogP contribution in [0.25, 0.3) is 10.9 Å². The van der Waals surface area contributed by atoms with Crippen molar-refractivity contribution in [3.63, 3.8) is 0 Å². The molecule has 0 saturated carbocycles. The molecule has 0 radical (unpaired) electrons. The van der Waals surface area contributed by atoms with E-state index in [2.05, 4.69) is 9.97 Å². The number of aryl methyl sites for hydroxylation is 1. The van der Waals surface area contributed by atoms with Gasteiger partial charge in [0.15, 0.2) is 0 Å². The minimum absolute atomic E-state index is 0.107. The first kappa shape index (κ1) is 13.0. The molecule has 0 bridgehead atoms. The molecule has 1 aromatic heterocycles. The minimum atomic E-state index is -4.41. The molecule has 2 nitrogen and oxygen atoms in total. The Morgan fingerprint density at radius 1 is 1.22 bits per heavy atom. The quantitative estimate of drug-likeness (QED) is 0.614. The highest BCUT2D eigenvalue weighted by atomic mass is 35.5. The SMILES string of the molecule is Cc1ccc2nc(C(F)(F)C(F)F)nc(Cl)c2c1. The van der Waals surface area contributed by atoms with Crippen LogP contribution in [0.1, 0.15) is 11.4 Å². The Morgan fingerprint density at radius 3 is 2.50 bits per heavy atom. The lowest BCUT2D eigenvalue weighted by molar-refractivity contribution is -0.140. The molecule has 0 atom stereocenters. The zero-order valence-electron chi connectivity index (χ0n) is 9.09. The van der Waals surface area contributed by atoms with Gasteiger partial charge >= 0.3 is 12.3 Å². The van der Waals surface area contributed by atoms with Crippen LogP contribution in [0.4, 0.5) is 17.6 Å². The molecular weight excluding hydrogens is 272 g/mol. The number of alkyl halides is 4. The third kappa shape index (κ3) is 2.12. The van der Waals surface area contributed by atoms with Crippen LogP contribution in [-0.2, 0) is 5.92 Å². The predicted octanol–water partition coefficient (Wildman–Crippen LogP) is 3.95. The van der Waals surface area contributed by atoms with Crippen LogP contribution < -0.4 is 0 Å². The number of hydrogen-bond donors (Lipinski definition) is 0. The van der Waals surface area contributed by atoms with Crippen molar-refractivity contribution >= 4 is 22.5 Å². The van der Waals surface area contributed by atoms with E-state index in [9.17, 15) is 17.6 Å². The maximum atomic E-state index is 13.1. The van der Waals surface area contributed by atoms with Gasteiger partial charge in [-0.1, -0.05) is 23.2 Å². The summed E-state index contributed by atoms with van der Waals surface area (Å²) in [7, 11) is 0. The zero-order chi connectivity index (χ0) is 13.5. The average Bonchev–Trinajstić information content (AvgIpc) is 2.29. The van der Waals surface area contributed by atoms with Gasteiger partial charge in [0.25, 0.3) is 0 Å². The van der Waals surface area contributed by atoms with E-state index in [1.54, 1.807) is 19.1 Å². The average molecular weight is 279 g/mol. The van der Waals surface area contributed by atoms with Crippen molar-refractivity contribution in [3.05, 3.63) is 34.7 Å². The van der Waals surface area contributed by atoms with Gasteiger partial charge in [-0.05, 0) is 19.1 Å². The topological polar surface area (TPSA) is 25.8 Å². The summed E-state index contributed by atoms with van der Waals surface area (Å²) in [6, 6.07) is 4.65. The number of hydrogen-bond acceptors (Lipinski definition) is 2. The Morgan fingerprint density at radius 2 is 1.89 bits per heavy atom. The lowest BCUT2D eigenvalue weighted by Gasteiger charge is -2.14. The fourth-order valence-electron chi connectivity index (χ4n) is 1.45. The monoisotopic (exact) mass is 278 g/mol. The van der Waals surface area contributed by atoms with Gasteiger partial charge in [0.1, 0.15) is 5.15 Å². The van der Waals surface area contributed by atoms with E-state index in [4.69, 9.17) is 11.6 Å². The van der Waals surface area contributed by atoms with Crippen molar-refractivity contribution < 1.29 is 17.6 Å². The molecule has 0 saturated heterocycles. The highest BCUT2D eigenvalue weighted by Crippen LogP contribution is 2.34. The van der Waals surface area contributed by atoms with E-state index in [0.717, 1.165) is 5.56 Å². The summed E-state index contributed by atoms with van der Waals surface area (Å²) in [5.74, 6) is -5.68. The van der Waals surface area contributed by atoms with Crippen LogP contribution >= 0.6 is 11.6 Å². The van der Waals surface area contributed by atoms with E-state index >= 15 is 0 Å². The molecule has 0 unspecified atom stereocenters.